The molecule has 1 aliphatic heterocycles. The molecule has 0 spiro atoms. The molecular formula is C24H31N3O. The second kappa shape index (κ2) is 8.87. The van der Waals surface area contributed by atoms with Gasteiger partial charge in [0.1, 0.15) is 0 Å². The van der Waals surface area contributed by atoms with Gasteiger partial charge < -0.3 is 10.2 Å². The zero-order valence-corrected chi connectivity index (χ0v) is 16.8. The molecule has 4 heteroatoms. The van der Waals surface area contributed by atoms with Gasteiger partial charge >= 0.3 is 0 Å². The third-order valence-electron chi connectivity index (χ3n) is 6.17. The number of likely N-dealkylation sites (tertiary alicyclic amines) is 1. The summed E-state index contributed by atoms with van der Waals surface area (Å²) < 4.78 is 0. The smallest absolute Gasteiger partial charge is 0.223 e. The lowest BCUT2D eigenvalue weighted by Gasteiger charge is -2.38. The van der Waals surface area contributed by atoms with Crippen molar-refractivity contribution in [2.45, 2.75) is 44.6 Å². The van der Waals surface area contributed by atoms with Gasteiger partial charge in [0.15, 0.2) is 0 Å². The molecule has 0 unspecified atom stereocenters. The molecule has 2 aliphatic rings. The third-order valence-corrected chi connectivity index (χ3v) is 6.17. The summed E-state index contributed by atoms with van der Waals surface area (Å²) in [7, 11) is 0. The van der Waals surface area contributed by atoms with Gasteiger partial charge in [-0.2, -0.15) is 0 Å². The van der Waals surface area contributed by atoms with E-state index in [1.165, 1.54) is 12.0 Å². The van der Waals surface area contributed by atoms with E-state index in [1.54, 1.807) is 0 Å². The van der Waals surface area contributed by atoms with Gasteiger partial charge in [-0.1, -0.05) is 43.3 Å². The first-order valence-electron chi connectivity index (χ1n) is 10.7. The number of nitrogens with zero attached hydrogens (tertiary/aromatic N) is 2. The van der Waals surface area contributed by atoms with Crippen LogP contribution in [0.2, 0.25) is 0 Å². The summed E-state index contributed by atoms with van der Waals surface area (Å²) in [6.07, 6.45) is 6.22. The van der Waals surface area contributed by atoms with E-state index in [0.717, 1.165) is 44.6 Å². The van der Waals surface area contributed by atoms with Crippen LogP contribution >= 0.6 is 0 Å². The Balaban J connectivity index is 1.44. The van der Waals surface area contributed by atoms with Crippen molar-refractivity contribution in [2.75, 3.05) is 19.6 Å². The van der Waals surface area contributed by atoms with Crippen molar-refractivity contribution in [1.29, 1.82) is 0 Å². The fourth-order valence-corrected chi connectivity index (χ4v) is 4.41. The Morgan fingerprint density at radius 1 is 1.14 bits per heavy atom. The van der Waals surface area contributed by atoms with Crippen LogP contribution in [0, 0.1) is 11.8 Å². The Morgan fingerprint density at radius 3 is 2.64 bits per heavy atom. The van der Waals surface area contributed by atoms with Crippen LogP contribution in [-0.4, -0.2) is 35.4 Å². The first kappa shape index (κ1) is 19.1. The average Bonchev–Trinajstić information content (AvgIpc) is 3.59. The summed E-state index contributed by atoms with van der Waals surface area (Å²) in [6, 6.07) is 16.8. The van der Waals surface area contributed by atoms with Crippen molar-refractivity contribution in [3.63, 3.8) is 0 Å². The topological polar surface area (TPSA) is 45.2 Å². The highest BCUT2D eigenvalue weighted by Crippen LogP contribution is 2.33. The highest BCUT2D eigenvalue weighted by Gasteiger charge is 2.35. The molecule has 1 aromatic heterocycles. The number of amides is 1. The minimum atomic E-state index is 0.0177. The Kier molecular flexibility index (Phi) is 6.06. The van der Waals surface area contributed by atoms with E-state index in [9.17, 15) is 4.79 Å². The lowest BCUT2D eigenvalue weighted by molar-refractivity contribution is -0.123. The number of benzene rings is 1. The number of aromatic nitrogens is 1. The van der Waals surface area contributed by atoms with Crippen LogP contribution in [0.1, 0.15) is 55.8 Å². The monoisotopic (exact) mass is 377 g/mol. The summed E-state index contributed by atoms with van der Waals surface area (Å²) in [5.74, 6) is 1.36. The van der Waals surface area contributed by atoms with Gasteiger partial charge in [0.2, 0.25) is 5.91 Å². The number of carbonyl (C=O) groups is 1. The van der Waals surface area contributed by atoms with E-state index < -0.39 is 0 Å². The molecule has 4 rings (SSSR count). The summed E-state index contributed by atoms with van der Waals surface area (Å²) in [5.41, 5.74) is 2.40. The molecule has 28 heavy (non-hydrogen) atoms. The molecule has 3 atom stereocenters. The van der Waals surface area contributed by atoms with Gasteiger partial charge in [-0.3, -0.25) is 9.78 Å². The Hall–Kier alpha value is -2.20. The number of nitrogens with one attached hydrogen (secondary N) is 1. The standard InChI is InChI=1S/C24H31N3O/c1-18(19-8-3-2-4-9-19)16-27-15-7-10-21(17-27)23(22-11-5-6-14-25-22)26-24(28)20-12-13-20/h2-6,8-9,11,14,18,20-21,23H,7,10,12-13,15-17H2,1H3,(H,26,28)/t18-,21-,23+/m1/s1. The second-order valence-corrected chi connectivity index (χ2v) is 8.49. The lowest BCUT2D eigenvalue weighted by atomic mass is 9.87. The van der Waals surface area contributed by atoms with Gasteiger partial charge in [0.25, 0.3) is 0 Å². The highest BCUT2D eigenvalue weighted by molar-refractivity contribution is 5.81. The zero-order chi connectivity index (χ0) is 19.3. The number of hydrogen-bond donors (Lipinski definition) is 1. The SMILES string of the molecule is C[C@H](CN1CCC[C@@H]([C@H](NC(=O)C2CC2)c2ccccn2)C1)c1ccccc1. The van der Waals surface area contributed by atoms with E-state index in [4.69, 9.17) is 0 Å². The number of pyridine rings is 1. The molecule has 2 heterocycles. The summed E-state index contributed by atoms with van der Waals surface area (Å²) in [5, 5.41) is 3.34. The molecule has 1 amide bonds. The minimum Gasteiger partial charge on any atom is -0.347 e. The predicted molar refractivity (Wildman–Crippen MR) is 112 cm³/mol. The average molecular weight is 378 g/mol. The molecule has 0 bridgehead atoms. The van der Waals surface area contributed by atoms with Gasteiger partial charge in [0.05, 0.1) is 11.7 Å². The van der Waals surface area contributed by atoms with E-state index >= 15 is 0 Å². The highest BCUT2D eigenvalue weighted by atomic mass is 16.2. The van der Waals surface area contributed by atoms with Crippen molar-refractivity contribution in [1.82, 2.24) is 15.2 Å². The molecule has 4 nitrogen and oxygen atoms in total. The van der Waals surface area contributed by atoms with Gasteiger partial charge in [-0.25, -0.2) is 0 Å². The zero-order valence-electron chi connectivity index (χ0n) is 16.8. The van der Waals surface area contributed by atoms with Crippen molar-refractivity contribution in [2.24, 2.45) is 11.8 Å². The fraction of sp³-hybridized carbons (Fsp3) is 0.500. The first-order chi connectivity index (χ1) is 13.7. The van der Waals surface area contributed by atoms with Crippen molar-refractivity contribution in [3.05, 3.63) is 66.0 Å². The van der Waals surface area contributed by atoms with Crippen LogP contribution in [-0.2, 0) is 4.79 Å². The van der Waals surface area contributed by atoms with Crippen molar-refractivity contribution in [3.8, 4) is 0 Å². The largest absolute Gasteiger partial charge is 0.347 e. The lowest BCUT2D eigenvalue weighted by Crippen LogP contribution is -2.44. The minimum absolute atomic E-state index is 0.0177. The van der Waals surface area contributed by atoms with E-state index in [-0.39, 0.29) is 17.9 Å². The van der Waals surface area contributed by atoms with E-state index in [2.05, 4.69) is 58.5 Å². The van der Waals surface area contributed by atoms with Crippen LogP contribution in [0.25, 0.3) is 0 Å². The van der Waals surface area contributed by atoms with Crippen LogP contribution in [0.4, 0.5) is 0 Å². The van der Waals surface area contributed by atoms with Crippen LogP contribution in [0.15, 0.2) is 54.7 Å². The molecule has 1 N–H and O–H groups in total. The Bertz CT molecular complexity index is 760. The number of hydrogen-bond acceptors (Lipinski definition) is 3. The maximum atomic E-state index is 12.5. The Morgan fingerprint density at radius 2 is 1.93 bits per heavy atom. The van der Waals surface area contributed by atoms with Crippen molar-refractivity contribution < 1.29 is 4.79 Å². The first-order valence-corrected chi connectivity index (χ1v) is 10.7. The van der Waals surface area contributed by atoms with Crippen LogP contribution in [0.5, 0.6) is 0 Å². The molecule has 2 fully saturated rings. The molecule has 2 aromatic rings. The summed E-state index contributed by atoms with van der Waals surface area (Å²) >= 11 is 0. The van der Waals surface area contributed by atoms with Crippen LogP contribution < -0.4 is 5.32 Å². The summed E-state index contributed by atoms with van der Waals surface area (Å²) in [4.78, 5) is 19.7. The predicted octanol–water partition coefficient (Wildman–Crippen LogP) is 4.16. The van der Waals surface area contributed by atoms with E-state index in [1.807, 2.05) is 18.3 Å². The van der Waals surface area contributed by atoms with Gasteiger partial charge in [-0.05, 0) is 61.8 Å². The maximum absolute atomic E-state index is 12.5. The molecule has 1 saturated carbocycles. The molecular weight excluding hydrogens is 346 g/mol. The quantitative estimate of drug-likeness (QED) is 0.788. The van der Waals surface area contributed by atoms with Gasteiger partial charge in [-0.15, -0.1) is 0 Å². The fourth-order valence-electron chi connectivity index (χ4n) is 4.41. The second-order valence-electron chi connectivity index (χ2n) is 8.49. The number of carbonyl (C=O) groups excluding carboxylic acids is 1. The van der Waals surface area contributed by atoms with Crippen molar-refractivity contribution >= 4 is 5.91 Å². The maximum Gasteiger partial charge on any atom is 0.223 e. The molecule has 0 radical (unpaired) electrons. The normalized spacial score (nSPS) is 22.4. The summed E-state index contributed by atoms with van der Waals surface area (Å²) in [6.45, 7) is 5.53. The number of rotatable bonds is 7. The molecule has 1 aliphatic carbocycles. The van der Waals surface area contributed by atoms with Crippen LogP contribution in [0.3, 0.4) is 0 Å². The van der Waals surface area contributed by atoms with Gasteiger partial charge in [0, 0.05) is 25.2 Å². The molecule has 1 aromatic carbocycles. The third kappa shape index (κ3) is 4.79. The molecule has 148 valence electrons. The number of piperidine rings is 1. The molecule has 1 saturated heterocycles. The van der Waals surface area contributed by atoms with E-state index in [0.29, 0.717) is 11.8 Å². The Labute approximate surface area is 168 Å².